The molecule has 0 amide bonds. The number of aromatic amines is 1. The van der Waals surface area contributed by atoms with Gasteiger partial charge in [-0.05, 0) is 40.5 Å². The Kier molecular flexibility index (Phi) is 2.56. The Hall–Kier alpha value is -1.24. The second-order valence-corrected chi connectivity index (χ2v) is 4.86. The van der Waals surface area contributed by atoms with Crippen molar-refractivity contribution in [3.05, 3.63) is 35.5 Å². The van der Waals surface area contributed by atoms with Crippen LogP contribution in [0.4, 0.5) is 0 Å². The number of hydrogen-bond donors (Lipinski definition) is 1. The fourth-order valence-corrected chi connectivity index (χ4v) is 2.01. The number of aromatic nitrogens is 1. The molecule has 1 heteroatoms. The van der Waals surface area contributed by atoms with E-state index >= 15 is 0 Å². The zero-order valence-corrected chi connectivity index (χ0v) is 9.96. The van der Waals surface area contributed by atoms with Gasteiger partial charge in [-0.2, -0.15) is 0 Å². The number of nitrogens with one attached hydrogen (secondary N) is 1. The molecule has 1 aromatic carbocycles. The van der Waals surface area contributed by atoms with E-state index in [1.165, 1.54) is 22.0 Å². The first kappa shape index (κ1) is 10.3. The van der Waals surface area contributed by atoms with Crippen molar-refractivity contribution in [1.82, 2.24) is 4.98 Å². The van der Waals surface area contributed by atoms with Crippen LogP contribution in [0.25, 0.3) is 10.9 Å². The molecule has 0 saturated carbocycles. The van der Waals surface area contributed by atoms with E-state index in [0.717, 1.165) is 0 Å². The molecule has 1 nitrogen and oxygen atoms in total. The molecule has 0 fully saturated rings. The molecule has 0 radical (unpaired) electrons. The molecule has 0 unspecified atom stereocenters. The Balaban J connectivity index is 2.69. The van der Waals surface area contributed by atoms with Crippen molar-refractivity contribution in [3.8, 4) is 0 Å². The lowest BCUT2D eigenvalue weighted by Gasteiger charge is -2.12. The lowest BCUT2D eigenvalue weighted by molar-refractivity contribution is 0.840. The van der Waals surface area contributed by atoms with Gasteiger partial charge >= 0.3 is 0 Å². The van der Waals surface area contributed by atoms with E-state index in [9.17, 15) is 0 Å². The quantitative estimate of drug-likeness (QED) is 0.740. The summed E-state index contributed by atoms with van der Waals surface area (Å²) in [6.07, 6.45) is 2.03. The summed E-state index contributed by atoms with van der Waals surface area (Å²) < 4.78 is 0. The summed E-state index contributed by atoms with van der Waals surface area (Å²) in [5.74, 6) is 1.17. The van der Waals surface area contributed by atoms with E-state index in [-0.39, 0.29) is 0 Å². The van der Waals surface area contributed by atoms with Crippen molar-refractivity contribution in [2.75, 3.05) is 0 Å². The van der Waals surface area contributed by atoms with E-state index in [1.807, 2.05) is 6.20 Å². The van der Waals surface area contributed by atoms with E-state index in [1.54, 1.807) is 0 Å². The van der Waals surface area contributed by atoms with Gasteiger partial charge in [0.25, 0.3) is 0 Å². The van der Waals surface area contributed by atoms with Gasteiger partial charge in [0.15, 0.2) is 0 Å². The summed E-state index contributed by atoms with van der Waals surface area (Å²) in [5.41, 5.74) is 4.17. The highest BCUT2D eigenvalue weighted by atomic mass is 14.7. The molecule has 2 aromatic rings. The van der Waals surface area contributed by atoms with Gasteiger partial charge in [-0.15, -0.1) is 0 Å². The van der Waals surface area contributed by atoms with Gasteiger partial charge in [-0.3, -0.25) is 0 Å². The average Bonchev–Trinajstić information content (AvgIpc) is 2.62. The number of H-pyrrole nitrogens is 1. The Morgan fingerprint density at radius 1 is 1.00 bits per heavy atom. The van der Waals surface area contributed by atoms with Crippen LogP contribution in [-0.2, 0) is 0 Å². The number of fused-ring (bicyclic) bond motifs is 1. The number of benzene rings is 1. The normalized spacial score (nSPS) is 11.9. The van der Waals surface area contributed by atoms with Crippen molar-refractivity contribution in [2.45, 2.75) is 39.5 Å². The second kappa shape index (κ2) is 3.73. The predicted octanol–water partition coefficient (Wildman–Crippen LogP) is 4.41. The highest BCUT2D eigenvalue weighted by Crippen LogP contribution is 2.28. The minimum atomic E-state index is 0.574. The topological polar surface area (TPSA) is 15.8 Å². The Morgan fingerprint density at radius 3 is 2.33 bits per heavy atom. The zero-order valence-electron chi connectivity index (χ0n) is 9.96. The Bertz CT molecular complexity index is 463. The first-order chi connectivity index (χ1) is 7.09. The summed E-state index contributed by atoms with van der Waals surface area (Å²) in [7, 11) is 0. The van der Waals surface area contributed by atoms with Gasteiger partial charge in [-0.1, -0.05) is 33.8 Å². The van der Waals surface area contributed by atoms with E-state index in [4.69, 9.17) is 0 Å². The van der Waals surface area contributed by atoms with Gasteiger partial charge in [0, 0.05) is 11.7 Å². The van der Waals surface area contributed by atoms with Crippen LogP contribution in [0.15, 0.2) is 24.4 Å². The largest absolute Gasteiger partial charge is 0.361 e. The van der Waals surface area contributed by atoms with Crippen molar-refractivity contribution in [1.29, 1.82) is 0 Å². The minimum absolute atomic E-state index is 0.574. The molecule has 2 rings (SSSR count). The third-order valence-electron chi connectivity index (χ3n) is 3.00. The van der Waals surface area contributed by atoms with Crippen molar-refractivity contribution in [3.63, 3.8) is 0 Å². The fourth-order valence-electron chi connectivity index (χ4n) is 2.01. The van der Waals surface area contributed by atoms with Crippen LogP contribution in [0, 0.1) is 0 Å². The van der Waals surface area contributed by atoms with Gasteiger partial charge in [0.2, 0.25) is 0 Å². The van der Waals surface area contributed by atoms with Gasteiger partial charge in [0.1, 0.15) is 0 Å². The van der Waals surface area contributed by atoms with Crippen molar-refractivity contribution >= 4 is 10.9 Å². The average molecular weight is 201 g/mol. The third kappa shape index (κ3) is 1.79. The predicted molar refractivity (Wildman–Crippen MR) is 66.5 cm³/mol. The third-order valence-corrected chi connectivity index (χ3v) is 3.00. The first-order valence-electron chi connectivity index (χ1n) is 5.70. The van der Waals surface area contributed by atoms with Crippen LogP contribution in [0.2, 0.25) is 0 Å². The monoisotopic (exact) mass is 201 g/mol. The summed E-state index contributed by atoms with van der Waals surface area (Å²) in [4.78, 5) is 3.34. The maximum Gasteiger partial charge on any atom is 0.0489 e. The molecule has 15 heavy (non-hydrogen) atoms. The molecular weight excluding hydrogens is 182 g/mol. The molecule has 0 bridgehead atoms. The van der Waals surface area contributed by atoms with Crippen molar-refractivity contribution < 1.29 is 0 Å². The minimum Gasteiger partial charge on any atom is -0.361 e. The number of hydrogen-bond acceptors (Lipinski definition) is 0. The molecule has 0 aliphatic rings. The van der Waals surface area contributed by atoms with Crippen LogP contribution >= 0.6 is 0 Å². The van der Waals surface area contributed by atoms with Crippen molar-refractivity contribution in [2.24, 2.45) is 0 Å². The molecule has 0 spiro atoms. The molecule has 0 aliphatic carbocycles. The molecule has 1 N–H and O–H groups in total. The molecule has 1 heterocycles. The summed E-state index contributed by atoms with van der Waals surface area (Å²) >= 11 is 0. The van der Waals surface area contributed by atoms with E-state index < -0.39 is 0 Å². The van der Waals surface area contributed by atoms with Gasteiger partial charge < -0.3 is 4.98 Å². The maximum absolute atomic E-state index is 3.34. The lowest BCUT2D eigenvalue weighted by atomic mass is 9.93. The first-order valence-corrected chi connectivity index (χ1v) is 5.70. The maximum atomic E-state index is 3.34. The van der Waals surface area contributed by atoms with E-state index in [2.05, 4.69) is 50.9 Å². The van der Waals surface area contributed by atoms with Gasteiger partial charge in [-0.25, -0.2) is 0 Å². The molecule has 0 atom stereocenters. The van der Waals surface area contributed by atoms with Gasteiger partial charge in [0.05, 0.1) is 0 Å². The van der Waals surface area contributed by atoms with E-state index in [0.29, 0.717) is 11.8 Å². The highest BCUT2D eigenvalue weighted by molar-refractivity contribution is 5.84. The highest BCUT2D eigenvalue weighted by Gasteiger charge is 2.09. The fraction of sp³-hybridized carbons (Fsp3) is 0.429. The molecular formula is C14H19N. The Labute approximate surface area is 91.5 Å². The van der Waals surface area contributed by atoms with Crippen LogP contribution in [-0.4, -0.2) is 4.98 Å². The zero-order chi connectivity index (χ0) is 11.0. The Morgan fingerprint density at radius 2 is 1.73 bits per heavy atom. The summed E-state index contributed by atoms with van der Waals surface area (Å²) in [6.45, 7) is 9.00. The molecule has 0 saturated heterocycles. The molecule has 1 aromatic heterocycles. The molecule has 80 valence electrons. The van der Waals surface area contributed by atoms with Crippen LogP contribution < -0.4 is 0 Å². The second-order valence-electron chi connectivity index (χ2n) is 4.86. The van der Waals surface area contributed by atoms with Crippen LogP contribution in [0.1, 0.15) is 50.7 Å². The smallest absolute Gasteiger partial charge is 0.0489 e. The summed E-state index contributed by atoms with van der Waals surface area (Å²) in [5, 5.41) is 1.34. The standard InChI is InChI=1S/C14H19N/c1-9(2)12-7-11-5-6-15-14(11)13(8-12)10(3)4/h5-10,15H,1-4H3. The van der Waals surface area contributed by atoms with Crippen LogP contribution in [0.5, 0.6) is 0 Å². The van der Waals surface area contributed by atoms with Crippen LogP contribution in [0.3, 0.4) is 0 Å². The molecule has 0 aliphatic heterocycles. The summed E-state index contributed by atoms with van der Waals surface area (Å²) in [6, 6.07) is 6.80. The lowest BCUT2D eigenvalue weighted by Crippen LogP contribution is -1.94. The SMILES string of the molecule is CC(C)c1cc(C(C)C)c2[nH]ccc2c1. The number of rotatable bonds is 2.